The molecule has 0 aliphatic carbocycles. The van der Waals surface area contributed by atoms with E-state index in [2.05, 4.69) is 42.5 Å². The number of hydrogen-bond donors (Lipinski definition) is 3. The molecule has 3 aromatic carbocycles. The third-order valence-corrected chi connectivity index (χ3v) is 5.44. The molecular formula is C20H15Br2N3O3S. The number of primary amides is 1. The van der Waals surface area contributed by atoms with Crippen LogP contribution in [0.2, 0.25) is 0 Å². The van der Waals surface area contributed by atoms with Crippen LogP contribution < -0.4 is 21.1 Å². The topological polar surface area (TPSA) is 93.5 Å². The van der Waals surface area contributed by atoms with Crippen LogP contribution in [-0.2, 0) is 4.79 Å². The Morgan fingerprint density at radius 2 is 1.76 bits per heavy atom. The van der Waals surface area contributed by atoms with Crippen molar-refractivity contribution in [1.29, 1.82) is 0 Å². The lowest BCUT2D eigenvalue weighted by atomic mass is 10.1. The average Bonchev–Trinajstić information content (AvgIpc) is 2.67. The largest absolute Gasteiger partial charge is 0.483 e. The van der Waals surface area contributed by atoms with Crippen LogP contribution in [0, 0.1) is 0 Å². The van der Waals surface area contributed by atoms with Crippen LogP contribution in [0.25, 0.3) is 10.8 Å². The predicted molar refractivity (Wildman–Crippen MR) is 124 cm³/mol. The van der Waals surface area contributed by atoms with Crippen molar-refractivity contribution in [3.8, 4) is 5.75 Å². The molecule has 29 heavy (non-hydrogen) atoms. The highest BCUT2D eigenvalue weighted by Gasteiger charge is 2.10. The molecule has 0 radical (unpaired) electrons. The first kappa shape index (κ1) is 21.2. The highest BCUT2D eigenvalue weighted by atomic mass is 79.9. The smallest absolute Gasteiger partial charge is 0.264 e. The van der Waals surface area contributed by atoms with Crippen LogP contribution in [-0.4, -0.2) is 23.5 Å². The first-order valence-corrected chi connectivity index (χ1v) is 10.3. The molecule has 3 rings (SSSR count). The van der Waals surface area contributed by atoms with E-state index >= 15 is 0 Å². The fourth-order valence-corrected chi connectivity index (χ4v) is 3.76. The number of nitrogens with one attached hydrogen (secondary N) is 2. The number of ether oxygens (including phenoxy) is 1. The Hall–Kier alpha value is -2.49. The lowest BCUT2D eigenvalue weighted by molar-refractivity contribution is -0.121. The van der Waals surface area contributed by atoms with E-state index in [9.17, 15) is 9.59 Å². The van der Waals surface area contributed by atoms with Gasteiger partial charge in [0.15, 0.2) is 11.7 Å². The zero-order chi connectivity index (χ0) is 21.0. The summed E-state index contributed by atoms with van der Waals surface area (Å²) in [7, 11) is 0. The number of rotatable bonds is 5. The van der Waals surface area contributed by atoms with Gasteiger partial charge in [0.1, 0.15) is 5.75 Å². The first-order chi connectivity index (χ1) is 13.8. The van der Waals surface area contributed by atoms with E-state index in [0.717, 1.165) is 19.7 Å². The van der Waals surface area contributed by atoms with E-state index in [1.165, 1.54) is 0 Å². The van der Waals surface area contributed by atoms with Gasteiger partial charge in [0.2, 0.25) is 5.91 Å². The lowest BCUT2D eigenvalue weighted by Crippen LogP contribution is -2.37. The fraction of sp³-hybridized carbons (Fsp3) is 0.0500. The van der Waals surface area contributed by atoms with E-state index < -0.39 is 11.8 Å². The maximum absolute atomic E-state index is 12.1. The van der Waals surface area contributed by atoms with Crippen molar-refractivity contribution in [3.05, 3.63) is 69.1 Å². The second-order valence-electron chi connectivity index (χ2n) is 5.98. The predicted octanol–water partition coefficient (Wildman–Crippen LogP) is 4.36. The molecule has 0 aliphatic heterocycles. The third kappa shape index (κ3) is 5.53. The standard InChI is InChI=1S/C20H15Br2N3O3S/c21-13-4-7-15-12(9-13)3-8-16(18(15)22)28-10-17(26)25-20(29)24-14-5-1-11(2-6-14)19(23)27/h1-9H,10H2,(H2,23,27)(H2,24,25,26,29). The second-order valence-corrected chi connectivity index (χ2v) is 8.09. The van der Waals surface area contributed by atoms with Gasteiger partial charge in [-0.15, -0.1) is 0 Å². The first-order valence-electron chi connectivity index (χ1n) is 8.35. The molecule has 0 aliphatic rings. The van der Waals surface area contributed by atoms with Crippen LogP contribution in [0.15, 0.2) is 63.5 Å². The molecule has 9 heteroatoms. The quantitative estimate of drug-likeness (QED) is 0.421. The summed E-state index contributed by atoms with van der Waals surface area (Å²) in [5.74, 6) is -0.369. The molecule has 0 saturated heterocycles. The van der Waals surface area contributed by atoms with Crippen molar-refractivity contribution in [3.63, 3.8) is 0 Å². The van der Waals surface area contributed by atoms with Crippen LogP contribution in [0.5, 0.6) is 5.75 Å². The maximum atomic E-state index is 12.1. The monoisotopic (exact) mass is 535 g/mol. The molecule has 0 atom stereocenters. The Morgan fingerprint density at radius 1 is 1.03 bits per heavy atom. The SMILES string of the molecule is NC(=O)c1ccc(NC(=S)NC(=O)COc2ccc3cc(Br)ccc3c2Br)cc1. The number of thiocarbonyl (C=S) groups is 1. The molecule has 6 nitrogen and oxygen atoms in total. The Kier molecular flexibility index (Phi) is 6.83. The van der Waals surface area contributed by atoms with Crippen LogP contribution >= 0.6 is 44.1 Å². The van der Waals surface area contributed by atoms with E-state index in [1.54, 1.807) is 30.3 Å². The van der Waals surface area contributed by atoms with Gasteiger partial charge in [0.25, 0.3) is 5.91 Å². The summed E-state index contributed by atoms with van der Waals surface area (Å²) < 4.78 is 7.37. The minimum Gasteiger partial charge on any atom is -0.483 e. The van der Waals surface area contributed by atoms with Crippen molar-refractivity contribution in [2.75, 3.05) is 11.9 Å². The molecule has 0 saturated carbocycles. The Bertz CT molecular complexity index is 1100. The molecule has 0 bridgehead atoms. The van der Waals surface area contributed by atoms with Gasteiger partial charge < -0.3 is 15.8 Å². The summed E-state index contributed by atoms with van der Waals surface area (Å²) in [5, 5.41) is 7.53. The fourth-order valence-electron chi connectivity index (χ4n) is 2.54. The maximum Gasteiger partial charge on any atom is 0.264 e. The number of fused-ring (bicyclic) bond motifs is 1. The third-order valence-electron chi connectivity index (χ3n) is 3.92. The molecule has 4 N–H and O–H groups in total. The van der Waals surface area contributed by atoms with Gasteiger partial charge in [-0.25, -0.2) is 0 Å². The summed E-state index contributed by atoms with van der Waals surface area (Å²) in [4.78, 5) is 23.2. The molecule has 0 unspecified atom stereocenters. The lowest BCUT2D eigenvalue weighted by Gasteiger charge is -2.12. The van der Waals surface area contributed by atoms with E-state index in [0.29, 0.717) is 17.0 Å². The number of anilines is 1. The number of halogens is 2. The summed E-state index contributed by atoms with van der Waals surface area (Å²) in [6, 6.07) is 16.0. The van der Waals surface area contributed by atoms with E-state index in [-0.39, 0.29) is 11.7 Å². The average molecular weight is 537 g/mol. The molecule has 148 valence electrons. The molecule has 0 aromatic heterocycles. The minimum absolute atomic E-state index is 0.118. The van der Waals surface area contributed by atoms with Crippen molar-refractivity contribution in [2.24, 2.45) is 5.73 Å². The number of hydrogen-bond acceptors (Lipinski definition) is 4. The number of benzene rings is 3. The molecule has 0 heterocycles. The van der Waals surface area contributed by atoms with Gasteiger partial charge in [-0.2, -0.15) is 0 Å². The molecular weight excluding hydrogens is 522 g/mol. The molecule has 2 amide bonds. The molecule has 0 fully saturated rings. The highest BCUT2D eigenvalue weighted by Crippen LogP contribution is 2.34. The Morgan fingerprint density at radius 3 is 2.45 bits per heavy atom. The Balaban J connectivity index is 1.56. The molecule has 0 spiro atoms. The zero-order valence-electron chi connectivity index (χ0n) is 14.9. The van der Waals surface area contributed by atoms with Gasteiger partial charge in [0.05, 0.1) is 4.47 Å². The summed E-state index contributed by atoms with van der Waals surface area (Å²) in [6.07, 6.45) is 0. The van der Waals surface area contributed by atoms with Crippen molar-refractivity contribution in [2.45, 2.75) is 0 Å². The number of nitrogens with two attached hydrogens (primary N) is 1. The van der Waals surface area contributed by atoms with Gasteiger partial charge in [-0.05, 0) is 81.4 Å². The number of carbonyl (C=O) groups excluding carboxylic acids is 2. The zero-order valence-corrected chi connectivity index (χ0v) is 18.9. The van der Waals surface area contributed by atoms with E-state index in [1.807, 2.05) is 24.3 Å². The van der Waals surface area contributed by atoms with Gasteiger partial charge >= 0.3 is 0 Å². The van der Waals surface area contributed by atoms with Crippen molar-refractivity contribution >= 4 is 77.5 Å². The normalized spacial score (nSPS) is 10.4. The highest BCUT2D eigenvalue weighted by molar-refractivity contribution is 9.11. The van der Waals surface area contributed by atoms with Crippen LogP contribution in [0.1, 0.15) is 10.4 Å². The summed E-state index contributed by atoms with van der Waals surface area (Å²) >= 11 is 12.1. The number of amides is 2. The second kappa shape index (κ2) is 9.34. The van der Waals surface area contributed by atoms with Crippen molar-refractivity contribution < 1.29 is 14.3 Å². The Labute approximate surface area is 189 Å². The van der Waals surface area contributed by atoms with Gasteiger partial charge in [-0.1, -0.05) is 28.1 Å². The summed E-state index contributed by atoms with van der Waals surface area (Å²) in [5.41, 5.74) is 6.20. The summed E-state index contributed by atoms with van der Waals surface area (Å²) in [6.45, 7) is -0.205. The molecule has 3 aromatic rings. The van der Waals surface area contributed by atoms with Crippen LogP contribution in [0.3, 0.4) is 0 Å². The number of carbonyl (C=O) groups is 2. The van der Waals surface area contributed by atoms with Gasteiger partial charge in [-0.3, -0.25) is 14.9 Å². The van der Waals surface area contributed by atoms with E-state index in [4.69, 9.17) is 22.7 Å². The van der Waals surface area contributed by atoms with Gasteiger partial charge in [0, 0.05) is 15.7 Å². The van der Waals surface area contributed by atoms with Crippen LogP contribution in [0.4, 0.5) is 5.69 Å². The minimum atomic E-state index is -0.517. The van der Waals surface area contributed by atoms with Crippen molar-refractivity contribution in [1.82, 2.24) is 5.32 Å².